The molecule has 1 saturated heterocycles. The van der Waals surface area contributed by atoms with Gasteiger partial charge in [-0.15, -0.1) is 0 Å². The predicted octanol–water partition coefficient (Wildman–Crippen LogP) is 2.37. The van der Waals surface area contributed by atoms with Gasteiger partial charge < -0.3 is 15.0 Å². The molecule has 18 heavy (non-hydrogen) atoms. The molecular weight excluding hydrogens is 224 g/mol. The van der Waals surface area contributed by atoms with Crippen molar-refractivity contribution in [2.24, 2.45) is 11.8 Å². The molecule has 0 radical (unpaired) electrons. The van der Waals surface area contributed by atoms with Crippen molar-refractivity contribution in [2.75, 3.05) is 45.9 Å². The van der Waals surface area contributed by atoms with E-state index in [1.807, 2.05) is 0 Å². The zero-order chi connectivity index (χ0) is 13.2. The standard InChI is InChI=1S/C15H32N2O/c1-4-17-9-5-15(6-10-17)13-16-8-12-18-11-7-14(2)3/h14-16H,4-13H2,1-3H3. The summed E-state index contributed by atoms with van der Waals surface area (Å²) in [4.78, 5) is 2.55. The fourth-order valence-electron chi connectivity index (χ4n) is 2.38. The van der Waals surface area contributed by atoms with Crippen molar-refractivity contribution in [3.63, 3.8) is 0 Å². The van der Waals surface area contributed by atoms with Crippen LogP contribution in [-0.2, 0) is 4.74 Å². The maximum Gasteiger partial charge on any atom is 0.0590 e. The molecule has 0 unspecified atom stereocenters. The molecule has 108 valence electrons. The molecule has 0 aliphatic carbocycles. The highest BCUT2D eigenvalue weighted by Crippen LogP contribution is 2.15. The quantitative estimate of drug-likeness (QED) is 0.641. The lowest BCUT2D eigenvalue weighted by atomic mass is 9.97. The molecule has 1 N–H and O–H groups in total. The van der Waals surface area contributed by atoms with Crippen molar-refractivity contribution in [2.45, 2.75) is 40.0 Å². The summed E-state index contributed by atoms with van der Waals surface area (Å²) in [6, 6.07) is 0. The van der Waals surface area contributed by atoms with E-state index in [9.17, 15) is 0 Å². The molecule has 0 atom stereocenters. The largest absolute Gasteiger partial charge is 0.380 e. The van der Waals surface area contributed by atoms with E-state index >= 15 is 0 Å². The van der Waals surface area contributed by atoms with E-state index in [1.54, 1.807) is 0 Å². The second-order valence-corrected chi connectivity index (χ2v) is 5.88. The van der Waals surface area contributed by atoms with Gasteiger partial charge in [-0.05, 0) is 57.3 Å². The lowest BCUT2D eigenvalue weighted by Gasteiger charge is -2.31. The van der Waals surface area contributed by atoms with Gasteiger partial charge in [-0.3, -0.25) is 0 Å². The SMILES string of the molecule is CCN1CCC(CNCCOCCC(C)C)CC1. The van der Waals surface area contributed by atoms with Crippen LogP contribution in [0.25, 0.3) is 0 Å². The maximum atomic E-state index is 5.60. The van der Waals surface area contributed by atoms with Crippen molar-refractivity contribution in [3.8, 4) is 0 Å². The molecule has 1 fully saturated rings. The minimum Gasteiger partial charge on any atom is -0.380 e. The Hall–Kier alpha value is -0.120. The first-order valence-corrected chi connectivity index (χ1v) is 7.73. The van der Waals surface area contributed by atoms with Crippen LogP contribution in [0.2, 0.25) is 0 Å². The molecule has 1 rings (SSSR count). The summed E-state index contributed by atoms with van der Waals surface area (Å²) < 4.78 is 5.60. The molecule has 1 heterocycles. The van der Waals surface area contributed by atoms with E-state index in [0.717, 1.165) is 31.6 Å². The zero-order valence-electron chi connectivity index (χ0n) is 12.6. The average molecular weight is 256 g/mol. The van der Waals surface area contributed by atoms with Crippen LogP contribution < -0.4 is 5.32 Å². The average Bonchev–Trinajstić information content (AvgIpc) is 2.38. The Morgan fingerprint density at radius 3 is 2.56 bits per heavy atom. The molecule has 0 saturated carbocycles. The molecule has 1 aliphatic heterocycles. The Kier molecular flexibility index (Phi) is 8.64. The summed E-state index contributed by atoms with van der Waals surface area (Å²) in [7, 11) is 0. The van der Waals surface area contributed by atoms with E-state index in [2.05, 4.69) is 31.0 Å². The van der Waals surface area contributed by atoms with Crippen molar-refractivity contribution in [1.29, 1.82) is 0 Å². The smallest absolute Gasteiger partial charge is 0.0590 e. The molecule has 0 amide bonds. The molecule has 0 aromatic rings. The van der Waals surface area contributed by atoms with Crippen LogP contribution in [0, 0.1) is 11.8 Å². The van der Waals surface area contributed by atoms with Crippen molar-refractivity contribution in [3.05, 3.63) is 0 Å². The number of piperidine rings is 1. The van der Waals surface area contributed by atoms with Gasteiger partial charge in [-0.25, -0.2) is 0 Å². The second-order valence-electron chi connectivity index (χ2n) is 5.88. The minimum absolute atomic E-state index is 0.752. The Balaban J connectivity index is 1.86. The van der Waals surface area contributed by atoms with Crippen LogP contribution in [-0.4, -0.2) is 50.8 Å². The van der Waals surface area contributed by atoms with E-state index in [-0.39, 0.29) is 0 Å². The second kappa shape index (κ2) is 9.76. The van der Waals surface area contributed by atoms with E-state index in [4.69, 9.17) is 4.74 Å². The van der Waals surface area contributed by atoms with E-state index in [1.165, 1.54) is 45.4 Å². The van der Waals surface area contributed by atoms with Crippen LogP contribution >= 0.6 is 0 Å². The molecular formula is C15H32N2O. The first-order chi connectivity index (χ1) is 8.72. The monoisotopic (exact) mass is 256 g/mol. The Morgan fingerprint density at radius 2 is 1.94 bits per heavy atom. The molecule has 3 nitrogen and oxygen atoms in total. The third kappa shape index (κ3) is 7.34. The van der Waals surface area contributed by atoms with Gasteiger partial charge in [0.2, 0.25) is 0 Å². The van der Waals surface area contributed by atoms with Gasteiger partial charge in [0.05, 0.1) is 6.61 Å². The lowest BCUT2D eigenvalue weighted by molar-refractivity contribution is 0.122. The van der Waals surface area contributed by atoms with E-state index < -0.39 is 0 Å². The Bertz CT molecular complexity index is 189. The first kappa shape index (κ1) is 15.9. The Morgan fingerprint density at radius 1 is 1.22 bits per heavy atom. The number of rotatable bonds is 9. The van der Waals surface area contributed by atoms with Gasteiger partial charge in [-0.1, -0.05) is 20.8 Å². The third-order valence-corrected chi connectivity index (χ3v) is 3.85. The molecule has 3 heteroatoms. The third-order valence-electron chi connectivity index (χ3n) is 3.85. The van der Waals surface area contributed by atoms with Gasteiger partial charge >= 0.3 is 0 Å². The van der Waals surface area contributed by atoms with Crippen LogP contribution in [0.5, 0.6) is 0 Å². The van der Waals surface area contributed by atoms with Gasteiger partial charge in [0.25, 0.3) is 0 Å². The summed E-state index contributed by atoms with van der Waals surface area (Å²) in [6.07, 6.45) is 3.89. The van der Waals surface area contributed by atoms with Crippen LogP contribution in [0.15, 0.2) is 0 Å². The summed E-state index contributed by atoms with van der Waals surface area (Å²) in [5.74, 6) is 1.63. The van der Waals surface area contributed by atoms with Crippen molar-refractivity contribution in [1.82, 2.24) is 10.2 Å². The fraction of sp³-hybridized carbons (Fsp3) is 1.00. The number of hydrogen-bond donors (Lipinski definition) is 1. The molecule has 0 aromatic heterocycles. The van der Waals surface area contributed by atoms with Crippen LogP contribution in [0.4, 0.5) is 0 Å². The lowest BCUT2D eigenvalue weighted by Crippen LogP contribution is -2.37. The summed E-state index contributed by atoms with van der Waals surface area (Å²) in [5.41, 5.74) is 0. The maximum absolute atomic E-state index is 5.60. The Labute approximate surface area is 113 Å². The number of nitrogens with one attached hydrogen (secondary N) is 1. The molecule has 0 spiro atoms. The summed E-state index contributed by atoms with van der Waals surface area (Å²) >= 11 is 0. The summed E-state index contributed by atoms with van der Waals surface area (Å²) in [6.45, 7) is 14.5. The van der Waals surface area contributed by atoms with Gasteiger partial charge in [0.15, 0.2) is 0 Å². The van der Waals surface area contributed by atoms with E-state index in [0.29, 0.717) is 0 Å². The van der Waals surface area contributed by atoms with Crippen LogP contribution in [0.1, 0.15) is 40.0 Å². The van der Waals surface area contributed by atoms with Crippen molar-refractivity contribution >= 4 is 0 Å². The van der Waals surface area contributed by atoms with Gasteiger partial charge in [-0.2, -0.15) is 0 Å². The number of likely N-dealkylation sites (tertiary alicyclic amines) is 1. The van der Waals surface area contributed by atoms with Crippen molar-refractivity contribution < 1.29 is 4.74 Å². The normalized spacial score (nSPS) is 18.7. The highest BCUT2D eigenvalue weighted by molar-refractivity contribution is 4.72. The summed E-state index contributed by atoms with van der Waals surface area (Å²) in [5, 5.41) is 3.53. The highest BCUT2D eigenvalue weighted by Gasteiger charge is 2.17. The molecule has 1 aliphatic rings. The topological polar surface area (TPSA) is 24.5 Å². The zero-order valence-corrected chi connectivity index (χ0v) is 12.6. The minimum atomic E-state index is 0.752. The number of nitrogens with zero attached hydrogens (tertiary/aromatic N) is 1. The molecule has 0 bridgehead atoms. The molecule has 0 aromatic carbocycles. The number of ether oxygens (including phenoxy) is 1. The van der Waals surface area contributed by atoms with Gasteiger partial charge in [0, 0.05) is 13.2 Å². The predicted molar refractivity (Wildman–Crippen MR) is 78.0 cm³/mol. The van der Waals surface area contributed by atoms with Crippen LogP contribution in [0.3, 0.4) is 0 Å². The highest BCUT2D eigenvalue weighted by atomic mass is 16.5. The number of hydrogen-bond acceptors (Lipinski definition) is 3. The van der Waals surface area contributed by atoms with Gasteiger partial charge in [0.1, 0.15) is 0 Å². The first-order valence-electron chi connectivity index (χ1n) is 7.73. The fourth-order valence-corrected chi connectivity index (χ4v) is 2.38.